The van der Waals surface area contributed by atoms with Gasteiger partial charge in [0.05, 0.1) is 6.10 Å². The van der Waals surface area contributed by atoms with Gasteiger partial charge in [-0.05, 0) is 44.4 Å². The Balaban J connectivity index is 1.86. The molecule has 20 heavy (non-hydrogen) atoms. The standard InChI is InChI=1S/C17H25NO2/c1-13(2)20-15-8-6-14(7-9-15)12-18-16(19)17(3)10-4-5-11-17/h6-9,13H,4-5,10-12H2,1-3H3,(H,18,19). The molecule has 0 atom stereocenters. The van der Waals surface area contributed by atoms with Crippen LogP contribution in [-0.4, -0.2) is 12.0 Å². The topological polar surface area (TPSA) is 38.3 Å². The summed E-state index contributed by atoms with van der Waals surface area (Å²) in [7, 11) is 0. The molecule has 0 aromatic heterocycles. The van der Waals surface area contributed by atoms with Crippen LogP contribution in [0.4, 0.5) is 0 Å². The molecule has 1 fully saturated rings. The van der Waals surface area contributed by atoms with Crippen molar-refractivity contribution < 1.29 is 9.53 Å². The van der Waals surface area contributed by atoms with Crippen LogP contribution in [0.2, 0.25) is 0 Å². The van der Waals surface area contributed by atoms with E-state index < -0.39 is 0 Å². The highest BCUT2D eigenvalue weighted by Gasteiger charge is 2.35. The molecule has 1 saturated carbocycles. The zero-order valence-corrected chi connectivity index (χ0v) is 12.7. The number of hydrogen-bond donors (Lipinski definition) is 1. The number of benzene rings is 1. The number of carbonyl (C=O) groups is 1. The SMILES string of the molecule is CC(C)Oc1ccc(CNC(=O)C2(C)CCCC2)cc1. The molecule has 3 nitrogen and oxygen atoms in total. The summed E-state index contributed by atoms with van der Waals surface area (Å²) in [5.41, 5.74) is 0.955. The zero-order valence-electron chi connectivity index (χ0n) is 12.7. The predicted molar refractivity (Wildman–Crippen MR) is 80.6 cm³/mol. The van der Waals surface area contributed by atoms with Crippen molar-refractivity contribution in [2.45, 2.75) is 59.1 Å². The number of amides is 1. The molecule has 1 aliphatic carbocycles. The highest BCUT2D eigenvalue weighted by molar-refractivity contribution is 5.82. The lowest BCUT2D eigenvalue weighted by Crippen LogP contribution is -2.36. The molecule has 110 valence electrons. The summed E-state index contributed by atoms with van der Waals surface area (Å²) in [6.07, 6.45) is 4.55. The molecule has 0 spiro atoms. The van der Waals surface area contributed by atoms with Crippen LogP contribution in [0.5, 0.6) is 5.75 Å². The first kappa shape index (κ1) is 14.9. The minimum atomic E-state index is -0.152. The maximum atomic E-state index is 12.2. The van der Waals surface area contributed by atoms with E-state index in [1.54, 1.807) is 0 Å². The number of ether oxygens (including phenoxy) is 1. The van der Waals surface area contributed by atoms with Crippen molar-refractivity contribution >= 4 is 5.91 Å². The highest BCUT2D eigenvalue weighted by atomic mass is 16.5. The first-order chi connectivity index (χ1) is 9.49. The van der Waals surface area contributed by atoms with Gasteiger partial charge in [0, 0.05) is 12.0 Å². The molecule has 3 heteroatoms. The summed E-state index contributed by atoms with van der Waals surface area (Å²) in [4.78, 5) is 12.2. The Labute approximate surface area is 121 Å². The molecule has 1 aromatic rings. The van der Waals surface area contributed by atoms with Gasteiger partial charge in [-0.25, -0.2) is 0 Å². The number of carbonyl (C=O) groups excluding carboxylic acids is 1. The molecular formula is C17H25NO2. The van der Waals surface area contributed by atoms with Crippen LogP contribution in [-0.2, 0) is 11.3 Å². The Morgan fingerprint density at radius 1 is 1.25 bits per heavy atom. The van der Waals surface area contributed by atoms with Gasteiger partial charge >= 0.3 is 0 Å². The largest absolute Gasteiger partial charge is 0.491 e. The van der Waals surface area contributed by atoms with E-state index in [9.17, 15) is 4.79 Å². The van der Waals surface area contributed by atoms with Gasteiger partial charge in [-0.15, -0.1) is 0 Å². The summed E-state index contributed by atoms with van der Waals surface area (Å²) in [5, 5.41) is 3.06. The van der Waals surface area contributed by atoms with Crippen molar-refractivity contribution in [3.05, 3.63) is 29.8 Å². The van der Waals surface area contributed by atoms with Crippen LogP contribution < -0.4 is 10.1 Å². The molecule has 0 saturated heterocycles. The van der Waals surface area contributed by atoms with E-state index in [0.29, 0.717) is 6.54 Å². The van der Waals surface area contributed by atoms with Crippen molar-refractivity contribution in [2.24, 2.45) is 5.41 Å². The molecule has 1 aliphatic rings. The fourth-order valence-corrected chi connectivity index (χ4v) is 2.74. The lowest BCUT2D eigenvalue weighted by molar-refractivity contribution is -0.130. The number of rotatable bonds is 5. The van der Waals surface area contributed by atoms with E-state index in [1.807, 2.05) is 38.1 Å². The monoisotopic (exact) mass is 275 g/mol. The van der Waals surface area contributed by atoms with Crippen LogP contribution in [0.1, 0.15) is 52.0 Å². The Hall–Kier alpha value is -1.51. The minimum Gasteiger partial charge on any atom is -0.491 e. The molecule has 0 radical (unpaired) electrons. The maximum absolute atomic E-state index is 12.2. The normalized spacial score (nSPS) is 17.2. The Morgan fingerprint density at radius 2 is 1.85 bits per heavy atom. The van der Waals surface area contributed by atoms with E-state index in [0.717, 1.165) is 24.2 Å². The van der Waals surface area contributed by atoms with Crippen LogP contribution >= 0.6 is 0 Å². The summed E-state index contributed by atoms with van der Waals surface area (Å²) < 4.78 is 5.60. The minimum absolute atomic E-state index is 0.152. The molecule has 0 aliphatic heterocycles. The molecule has 1 N–H and O–H groups in total. The first-order valence-corrected chi connectivity index (χ1v) is 7.53. The summed E-state index contributed by atoms with van der Waals surface area (Å²) in [6.45, 7) is 6.69. The Bertz CT molecular complexity index is 445. The molecule has 0 bridgehead atoms. The van der Waals surface area contributed by atoms with Crippen molar-refractivity contribution in [3.8, 4) is 5.75 Å². The lowest BCUT2D eigenvalue weighted by atomic mass is 9.88. The van der Waals surface area contributed by atoms with E-state index in [1.165, 1.54) is 12.8 Å². The van der Waals surface area contributed by atoms with Gasteiger partial charge in [-0.1, -0.05) is 31.9 Å². The predicted octanol–water partition coefficient (Wildman–Crippen LogP) is 3.67. The summed E-state index contributed by atoms with van der Waals surface area (Å²) >= 11 is 0. The summed E-state index contributed by atoms with van der Waals surface area (Å²) in [6, 6.07) is 7.93. The van der Waals surface area contributed by atoms with Gasteiger partial charge in [0.15, 0.2) is 0 Å². The van der Waals surface area contributed by atoms with Gasteiger partial charge in [-0.2, -0.15) is 0 Å². The molecule has 1 aromatic carbocycles. The van der Waals surface area contributed by atoms with Gasteiger partial charge in [-0.3, -0.25) is 4.79 Å². The van der Waals surface area contributed by atoms with Crippen LogP contribution in [0.3, 0.4) is 0 Å². The Kier molecular flexibility index (Phi) is 4.69. The van der Waals surface area contributed by atoms with Gasteiger partial charge in [0.2, 0.25) is 5.91 Å². The smallest absolute Gasteiger partial charge is 0.226 e. The third-order valence-electron chi connectivity index (χ3n) is 4.00. The van der Waals surface area contributed by atoms with Crippen LogP contribution in [0.25, 0.3) is 0 Å². The molecule has 2 rings (SSSR count). The van der Waals surface area contributed by atoms with Crippen molar-refractivity contribution in [2.75, 3.05) is 0 Å². The van der Waals surface area contributed by atoms with Gasteiger partial charge < -0.3 is 10.1 Å². The fraction of sp³-hybridized carbons (Fsp3) is 0.588. The average Bonchev–Trinajstić information content (AvgIpc) is 2.85. The van der Waals surface area contributed by atoms with Crippen molar-refractivity contribution in [1.29, 1.82) is 0 Å². The number of hydrogen-bond acceptors (Lipinski definition) is 2. The van der Waals surface area contributed by atoms with E-state index in [4.69, 9.17) is 4.74 Å². The maximum Gasteiger partial charge on any atom is 0.226 e. The van der Waals surface area contributed by atoms with Crippen molar-refractivity contribution in [3.63, 3.8) is 0 Å². The fourth-order valence-electron chi connectivity index (χ4n) is 2.74. The second-order valence-electron chi connectivity index (χ2n) is 6.26. The third-order valence-corrected chi connectivity index (χ3v) is 4.00. The molecule has 0 unspecified atom stereocenters. The van der Waals surface area contributed by atoms with Gasteiger partial charge in [0.25, 0.3) is 0 Å². The average molecular weight is 275 g/mol. The van der Waals surface area contributed by atoms with Crippen molar-refractivity contribution in [1.82, 2.24) is 5.32 Å². The third kappa shape index (κ3) is 3.75. The number of nitrogens with one attached hydrogen (secondary N) is 1. The molecule has 1 amide bonds. The van der Waals surface area contributed by atoms with Crippen LogP contribution in [0, 0.1) is 5.41 Å². The highest BCUT2D eigenvalue weighted by Crippen LogP contribution is 2.37. The van der Waals surface area contributed by atoms with Gasteiger partial charge in [0.1, 0.15) is 5.75 Å². The molecular weight excluding hydrogens is 250 g/mol. The van der Waals surface area contributed by atoms with E-state index >= 15 is 0 Å². The molecule has 0 heterocycles. The zero-order chi connectivity index (χ0) is 14.6. The second-order valence-corrected chi connectivity index (χ2v) is 6.26. The Morgan fingerprint density at radius 3 is 2.40 bits per heavy atom. The van der Waals surface area contributed by atoms with E-state index in [2.05, 4.69) is 12.2 Å². The van der Waals surface area contributed by atoms with Crippen LogP contribution in [0.15, 0.2) is 24.3 Å². The quantitative estimate of drug-likeness (QED) is 0.890. The lowest BCUT2D eigenvalue weighted by Gasteiger charge is -2.22. The summed E-state index contributed by atoms with van der Waals surface area (Å²) in [5.74, 6) is 1.07. The second kappa shape index (κ2) is 6.29. The first-order valence-electron chi connectivity index (χ1n) is 7.53. The van der Waals surface area contributed by atoms with E-state index in [-0.39, 0.29) is 17.4 Å².